The molecule has 12 heteroatoms. The first kappa shape index (κ1) is 28.6. The van der Waals surface area contributed by atoms with Crippen LogP contribution < -0.4 is 10.4 Å². The van der Waals surface area contributed by atoms with Gasteiger partial charge in [0.05, 0.1) is 29.4 Å². The topological polar surface area (TPSA) is 102 Å². The molecule has 2 aliphatic rings. The van der Waals surface area contributed by atoms with Gasteiger partial charge in [0.15, 0.2) is 0 Å². The summed E-state index contributed by atoms with van der Waals surface area (Å²) < 4.78 is 41.3. The summed E-state index contributed by atoms with van der Waals surface area (Å²) in [5, 5.41) is 8.14. The first-order valence-electron chi connectivity index (χ1n) is 13.7. The molecule has 1 aromatic carbocycles. The van der Waals surface area contributed by atoms with Crippen LogP contribution in [0.15, 0.2) is 47.5 Å². The number of hydrogen-bond acceptors (Lipinski definition) is 6. The summed E-state index contributed by atoms with van der Waals surface area (Å²) in [5.41, 5.74) is 4.92. The minimum absolute atomic E-state index is 0.0484. The number of rotatable bonds is 7. The van der Waals surface area contributed by atoms with Gasteiger partial charge in [0, 0.05) is 42.8 Å². The maximum absolute atomic E-state index is 13.0. The third-order valence-corrected chi connectivity index (χ3v) is 7.73. The molecule has 218 valence electrons. The molecule has 0 spiro atoms. The minimum atomic E-state index is -5.08. The number of aliphatic carboxylic acids is 1. The predicted molar refractivity (Wildman–Crippen MR) is 148 cm³/mol. The number of imidazole rings is 1. The molecule has 0 atom stereocenters. The molecule has 2 fully saturated rings. The van der Waals surface area contributed by atoms with Crippen molar-refractivity contribution in [2.75, 3.05) is 26.2 Å². The monoisotopic (exact) mass is 571 g/mol. The van der Waals surface area contributed by atoms with Crippen LogP contribution in [0.5, 0.6) is 5.88 Å². The fraction of sp³-hybridized carbons (Fsp3) is 0.448. The molecular weight excluding hydrogens is 539 g/mol. The van der Waals surface area contributed by atoms with Crippen LogP contribution in [0.2, 0.25) is 0 Å². The van der Waals surface area contributed by atoms with Crippen LogP contribution >= 0.6 is 0 Å². The van der Waals surface area contributed by atoms with Crippen molar-refractivity contribution in [3.63, 3.8) is 0 Å². The number of aromatic nitrogens is 4. The number of fused-ring (bicyclic) bond motifs is 3. The van der Waals surface area contributed by atoms with Gasteiger partial charge in [0.25, 0.3) is 0 Å². The molecule has 0 radical (unpaired) electrons. The van der Waals surface area contributed by atoms with Crippen molar-refractivity contribution in [2.45, 2.75) is 50.7 Å². The summed E-state index contributed by atoms with van der Waals surface area (Å²) in [6.45, 7) is 4.23. The molecule has 1 aliphatic carbocycles. The Balaban J connectivity index is 0.000000431. The lowest BCUT2D eigenvalue weighted by atomic mass is 9.92. The number of hydrogen-bond donors (Lipinski definition) is 1. The van der Waals surface area contributed by atoms with Crippen LogP contribution in [0.1, 0.15) is 44.6 Å². The van der Waals surface area contributed by atoms with E-state index in [0.29, 0.717) is 12.5 Å². The van der Waals surface area contributed by atoms with Crippen molar-refractivity contribution in [2.24, 2.45) is 7.05 Å². The van der Waals surface area contributed by atoms with Gasteiger partial charge in [-0.3, -0.25) is 14.1 Å². The van der Waals surface area contributed by atoms with Crippen molar-refractivity contribution in [3.05, 3.63) is 53.2 Å². The van der Waals surface area contributed by atoms with Gasteiger partial charge in [-0.05, 0) is 75.4 Å². The highest BCUT2D eigenvalue weighted by Crippen LogP contribution is 2.36. The van der Waals surface area contributed by atoms with E-state index in [0.717, 1.165) is 58.9 Å². The molecule has 6 rings (SSSR count). The molecule has 1 aliphatic heterocycles. The number of benzene rings is 1. The van der Waals surface area contributed by atoms with Crippen molar-refractivity contribution >= 4 is 27.9 Å². The molecule has 1 N–H and O–H groups in total. The van der Waals surface area contributed by atoms with E-state index in [1.54, 1.807) is 4.57 Å². The number of halogens is 3. The Morgan fingerprint density at radius 1 is 1.05 bits per heavy atom. The fourth-order valence-corrected chi connectivity index (χ4v) is 5.30. The number of carboxylic acid groups (broad SMARTS) is 1. The van der Waals surface area contributed by atoms with E-state index in [2.05, 4.69) is 33.1 Å². The summed E-state index contributed by atoms with van der Waals surface area (Å²) in [4.78, 5) is 33.6. The minimum Gasteiger partial charge on any atom is -0.478 e. The zero-order valence-electron chi connectivity index (χ0n) is 22.7. The quantitative estimate of drug-likeness (QED) is 0.305. The van der Waals surface area contributed by atoms with Crippen molar-refractivity contribution in [1.82, 2.24) is 24.0 Å². The third-order valence-electron chi connectivity index (χ3n) is 7.73. The molecule has 41 heavy (non-hydrogen) atoms. The molecule has 3 aromatic heterocycles. The summed E-state index contributed by atoms with van der Waals surface area (Å²) in [7, 11) is 1.84. The number of carbonyl (C=O) groups is 1. The average molecular weight is 572 g/mol. The van der Waals surface area contributed by atoms with Gasteiger partial charge in [0.2, 0.25) is 5.88 Å². The Morgan fingerprint density at radius 3 is 2.37 bits per heavy atom. The number of alkyl halides is 3. The second-order valence-electron chi connectivity index (χ2n) is 10.5. The Kier molecular flexibility index (Phi) is 8.30. The van der Waals surface area contributed by atoms with Crippen LogP contribution in [-0.4, -0.2) is 67.5 Å². The van der Waals surface area contributed by atoms with E-state index < -0.39 is 12.1 Å². The lowest BCUT2D eigenvalue weighted by molar-refractivity contribution is -0.192. The molecule has 0 amide bonds. The first-order chi connectivity index (χ1) is 19.6. The Morgan fingerprint density at radius 2 is 1.76 bits per heavy atom. The molecule has 4 heterocycles. The van der Waals surface area contributed by atoms with E-state index in [1.165, 1.54) is 32.4 Å². The number of ether oxygens (including phenoxy) is 1. The Hall–Kier alpha value is -3.93. The summed E-state index contributed by atoms with van der Waals surface area (Å²) >= 11 is 0. The second-order valence-corrected chi connectivity index (χ2v) is 10.5. The summed E-state index contributed by atoms with van der Waals surface area (Å²) in [6.07, 6.45) is 5.58. The van der Waals surface area contributed by atoms with Gasteiger partial charge < -0.3 is 14.7 Å². The standard InChI is InChI=1S/C27H31N5O2.C2HF3O2/c1-30-24-18-28-23-10-8-19(16-22(23)26(24)32(27(30)33)21-6-4-7-21)20-9-11-25(29-17-20)34-15-5-14-31-12-2-3-13-31;3-2(4,5)1(6)7/h8-11,16-18,21H,2-7,12-15H2,1H3;(H,6,7). The average Bonchev–Trinajstić information content (AvgIpc) is 3.53. The van der Waals surface area contributed by atoms with Crippen molar-refractivity contribution < 1.29 is 27.8 Å². The maximum atomic E-state index is 13.0. The number of carboxylic acids is 1. The molecular formula is C29H32F3N5O4. The molecule has 0 bridgehead atoms. The maximum Gasteiger partial charge on any atom is 0.490 e. The summed E-state index contributed by atoms with van der Waals surface area (Å²) in [5.74, 6) is -2.09. The number of likely N-dealkylation sites (tertiary alicyclic amines) is 1. The van der Waals surface area contributed by atoms with Gasteiger partial charge >= 0.3 is 17.8 Å². The molecule has 9 nitrogen and oxygen atoms in total. The van der Waals surface area contributed by atoms with E-state index >= 15 is 0 Å². The first-order valence-corrected chi connectivity index (χ1v) is 13.7. The van der Waals surface area contributed by atoms with Gasteiger partial charge in [-0.2, -0.15) is 13.2 Å². The van der Waals surface area contributed by atoms with Crippen molar-refractivity contribution in [1.29, 1.82) is 0 Å². The van der Waals surface area contributed by atoms with Gasteiger partial charge in [-0.25, -0.2) is 14.6 Å². The summed E-state index contributed by atoms with van der Waals surface area (Å²) in [6, 6.07) is 10.5. The van der Waals surface area contributed by atoms with Gasteiger partial charge in [-0.15, -0.1) is 0 Å². The SMILES string of the molecule is Cn1c(=O)n(C2CCC2)c2c3cc(-c4ccc(OCCCN5CCCC5)nc4)ccc3ncc21.O=C(O)C(F)(F)F. The van der Waals surface area contributed by atoms with Crippen molar-refractivity contribution in [3.8, 4) is 17.0 Å². The number of aryl methyl sites for hydroxylation is 1. The molecule has 1 saturated carbocycles. The van der Waals surface area contributed by atoms with E-state index in [4.69, 9.17) is 14.6 Å². The molecule has 0 unspecified atom stereocenters. The molecule has 1 saturated heterocycles. The van der Waals surface area contributed by atoms with E-state index in [1.807, 2.05) is 36.1 Å². The van der Waals surface area contributed by atoms with Crippen LogP contribution in [0.25, 0.3) is 33.1 Å². The van der Waals surface area contributed by atoms with Gasteiger partial charge in [-0.1, -0.05) is 6.07 Å². The van der Waals surface area contributed by atoms with Crippen LogP contribution in [-0.2, 0) is 11.8 Å². The van der Waals surface area contributed by atoms with Crippen LogP contribution in [0.3, 0.4) is 0 Å². The normalized spacial score (nSPS) is 16.0. The third kappa shape index (κ3) is 6.22. The largest absolute Gasteiger partial charge is 0.490 e. The Labute approximate surface area is 234 Å². The highest BCUT2D eigenvalue weighted by atomic mass is 19.4. The number of nitrogens with zero attached hydrogens (tertiary/aromatic N) is 5. The Bertz CT molecular complexity index is 1590. The highest BCUT2D eigenvalue weighted by Gasteiger charge is 2.38. The lowest BCUT2D eigenvalue weighted by Gasteiger charge is -2.27. The van der Waals surface area contributed by atoms with Crippen LogP contribution in [0, 0.1) is 0 Å². The van der Waals surface area contributed by atoms with Crippen LogP contribution in [0.4, 0.5) is 13.2 Å². The lowest BCUT2D eigenvalue weighted by Crippen LogP contribution is -2.29. The highest BCUT2D eigenvalue weighted by molar-refractivity contribution is 6.04. The fourth-order valence-electron chi connectivity index (χ4n) is 5.30. The van der Waals surface area contributed by atoms with E-state index in [9.17, 15) is 18.0 Å². The zero-order chi connectivity index (χ0) is 29.1. The van der Waals surface area contributed by atoms with Gasteiger partial charge in [0.1, 0.15) is 0 Å². The predicted octanol–water partition coefficient (Wildman–Crippen LogP) is 5.17. The van der Waals surface area contributed by atoms with E-state index in [-0.39, 0.29) is 11.7 Å². The zero-order valence-corrected chi connectivity index (χ0v) is 22.7. The molecule has 4 aromatic rings. The number of pyridine rings is 2. The smallest absolute Gasteiger partial charge is 0.478 e. The second kappa shape index (κ2) is 11.9.